The van der Waals surface area contributed by atoms with Crippen molar-refractivity contribution in [2.45, 2.75) is 18.6 Å². The number of aliphatic hydroxyl groups is 1. The van der Waals surface area contributed by atoms with E-state index in [0.29, 0.717) is 29.3 Å². The van der Waals surface area contributed by atoms with Gasteiger partial charge in [-0.1, -0.05) is 17.7 Å². The SMILES string of the molecule is CN(C)c1cccc(C(=O)N2CC[C@@H](Oc3ccc(Cl)cc3)[C@H](O)C2)c1. The third kappa shape index (κ3) is 4.29. The minimum Gasteiger partial charge on any atom is -0.488 e. The lowest BCUT2D eigenvalue weighted by atomic mass is 10.0. The van der Waals surface area contributed by atoms with Gasteiger partial charge in [0.15, 0.2) is 0 Å². The lowest BCUT2D eigenvalue weighted by Crippen LogP contribution is -2.51. The molecule has 1 amide bonds. The molecule has 3 rings (SSSR count). The van der Waals surface area contributed by atoms with E-state index in [1.54, 1.807) is 35.2 Å². The van der Waals surface area contributed by atoms with Crippen LogP contribution in [0.15, 0.2) is 48.5 Å². The first kappa shape index (κ1) is 18.5. The van der Waals surface area contributed by atoms with Crippen molar-refractivity contribution in [1.82, 2.24) is 4.90 Å². The summed E-state index contributed by atoms with van der Waals surface area (Å²) in [5.74, 6) is 0.592. The Morgan fingerprint density at radius 1 is 1.23 bits per heavy atom. The van der Waals surface area contributed by atoms with Gasteiger partial charge in [-0.3, -0.25) is 4.79 Å². The molecule has 0 aliphatic carbocycles. The predicted octanol–water partition coefficient (Wildman–Crippen LogP) is 3.06. The molecule has 1 heterocycles. The number of hydrogen-bond donors (Lipinski definition) is 1. The van der Waals surface area contributed by atoms with Crippen LogP contribution in [0.25, 0.3) is 0 Å². The zero-order valence-corrected chi connectivity index (χ0v) is 15.7. The average molecular weight is 375 g/mol. The summed E-state index contributed by atoms with van der Waals surface area (Å²) in [7, 11) is 3.87. The summed E-state index contributed by atoms with van der Waals surface area (Å²) in [5, 5.41) is 11.1. The predicted molar refractivity (Wildman–Crippen MR) is 103 cm³/mol. The van der Waals surface area contributed by atoms with Gasteiger partial charge in [-0.15, -0.1) is 0 Å². The first-order chi connectivity index (χ1) is 12.4. The third-order valence-electron chi connectivity index (χ3n) is 4.52. The number of aliphatic hydroxyl groups excluding tert-OH is 1. The van der Waals surface area contributed by atoms with Gasteiger partial charge in [0.05, 0.1) is 6.54 Å². The molecule has 26 heavy (non-hydrogen) atoms. The van der Waals surface area contributed by atoms with Crippen LogP contribution < -0.4 is 9.64 Å². The van der Waals surface area contributed by atoms with Gasteiger partial charge >= 0.3 is 0 Å². The van der Waals surface area contributed by atoms with E-state index >= 15 is 0 Å². The topological polar surface area (TPSA) is 53.0 Å². The van der Waals surface area contributed by atoms with Gasteiger partial charge in [-0.05, 0) is 42.5 Å². The Balaban J connectivity index is 1.63. The van der Waals surface area contributed by atoms with Gasteiger partial charge in [0, 0.05) is 43.3 Å². The van der Waals surface area contributed by atoms with Crippen LogP contribution in [0.1, 0.15) is 16.8 Å². The van der Waals surface area contributed by atoms with E-state index in [2.05, 4.69) is 0 Å². The molecule has 0 radical (unpaired) electrons. The number of nitrogens with zero attached hydrogens (tertiary/aromatic N) is 2. The van der Waals surface area contributed by atoms with Crippen LogP contribution in [-0.2, 0) is 0 Å². The second-order valence-corrected chi connectivity index (χ2v) is 7.10. The quantitative estimate of drug-likeness (QED) is 0.893. The molecule has 2 aromatic rings. The highest BCUT2D eigenvalue weighted by atomic mass is 35.5. The Hall–Kier alpha value is -2.24. The Bertz CT molecular complexity index is 764. The van der Waals surface area contributed by atoms with Gasteiger partial charge in [-0.2, -0.15) is 0 Å². The fourth-order valence-corrected chi connectivity index (χ4v) is 3.15. The summed E-state index contributed by atoms with van der Waals surface area (Å²) in [6.45, 7) is 0.795. The standard InChI is InChI=1S/C20H23ClN2O3/c1-22(2)16-5-3-4-14(12-16)20(25)23-11-10-19(18(24)13-23)26-17-8-6-15(21)7-9-17/h3-9,12,18-19,24H,10-11,13H2,1-2H3/t18-,19-/m1/s1. The number of halogens is 1. The van der Waals surface area contributed by atoms with Gasteiger partial charge in [0.2, 0.25) is 0 Å². The lowest BCUT2D eigenvalue weighted by Gasteiger charge is -2.36. The van der Waals surface area contributed by atoms with E-state index in [0.717, 1.165) is 5.69 Å². The van der Waals surface area contributed by atoms with Crippen LogP contribution in [0, 0.1) is 0 Å². The molecular weight excluding hydrogens is 352 g/mol. The summed E-state index contributed by atoms with van der Waals surface area (Å²) >= 11 is 5.87. The number of anilines is 1. The second-order valence-electron chi connectivity index (χ2n) is 6.66. The maximum absolute atomic E-state index is 12.8. The highest BCUT2D eigenvalue weighted by molar-refractivity contribution is 6.30. The number of β-amino-alcohol motifs (C(OH)–C–C–N with tert-alkyl or cyclic N) is 1. The van der Waals surface area contributed by atoms with Crippen LogP contribution in [0.3, 0.4) is 0 Å². The highest BCUT2D eigenvalue weighted by Gasteiger charge is 2.32. The average Bonchev–Trinajstić information content (AvgIpc) is 2.64. The van der Waals surface area contributed by atoms with E-state index in [4.69, 9.17) is 16.3 Å². The molecule has 0 saturated carbocycles. The minimum absolute atomic E-state index is 0.0716. The number of amides is 1. The number of benzene rings is 2. The fraction of sp³-hybridized carbons (Fsp3) is 0.350. The number of carbonyl (C=O) groups excluding carboxylic acids is 1. The molecule has 0 spiro atoms. The Labute approximate surface area is 158 Å². The second kappa shape index (κ2) is 7.98. The van der Waals surface area contributed by atoms with Crippen molar-refractivity contribution in [1.29, 1.82) is 0 Å². The maximum Gasteiger partial charge on any atom is 0.254 e. The minimum atomic E-state index is -0.736. The molecule has 5 nitrogen and oxygen atoms in total. The number of hydrogen-bond acceptors (Lipinski definition) is 4. The van der Waals surface area contributed by atoms with Crippen molar-refractivity contribution in [2.75, 3.05) is 32.1 Å². The number of carbonyl (C=O) groups is 1. The van der Waals surface area contributed by atoms with Crippen molar-refractivity contribution >= 4 is 23.2 Å². The van der Waals surface area contributed by atoms with E-state index < -0.39 is 6.10 Å². The third-order valence-corrected chi connectivity index (χ3v) is 4.77. The monoisotopic (exact) mass is 374 g/mol. The maximum atomic E-state index is 12.8. The molecule has 2 aromatic carbocycles. The fourth-order valence-electron chi connectivity index (χ4n) is 3.02. The number of likely N-dealkylation sites (tertiary alicyclic amines) is 1. The molecule has 1 aliphatic heterocycles. The molecule has 138 valence electrons. The van der Waals surface area contributed by atoms with Crippen LogP contribution in [-0.4, -0.2) is 55.3 Å². The molecule has 1 N–H and O–H groups in total. The molecular formula is C20H23ClN2O3. The highest BCUT2D eigenvalue weighted by Crippen LogP contribution is 2.23. The van der Waals surface area contributed by atoms with E-state index in [1.165, 1.54) is 0 Å². The molecule has 1 fully saturated rings. The van der Waals surface area contributed by atoms with Crippen molar-refractivity contribution in [3.8, 4) is 5.75 Å². The summed E-state index contributed by atoms with van der Waals surface area (Å²) in [6, 6.07) is 14.5. The van der Waals surface area contributed by atoms with Crippen molar-refractivity contribution in [3.63, 3.8) is 0 Å². The summed E-state index contributed by atoms with van der Waals surface area (Å²) in [6.07, 6.45) is -0.503. The van der Waals surface area contributed by atoms with Crippen LogP contribution >= 0.6 is 11.6 Å². The number of piperidine rings is 1. The smallest absolute Gasteiger partial charge is 0.254 e. The van der Waals surface area contributed by atoms with Crippen LogP contribution in [0.4, 0.5) is 5.69 Å². The van der Waals surface area contributed by atoms with Crippen LogP contribution in [0.2, 0.25) is 5.02 Å². The Morgan fingerprint density at radius 3 is 2.62 bits per heavy atom. The van der Waals surface area contributed by atoms with Crippen molar-refractivity contribution < 1.29 is 14.6 Å². The molecule has 1 aliphatic rings. The summed E-state index contributed by atoms with van der Waals surface area (Å²) < 4.78 is 5.85. The zero-order valence-electron chi connectivity index (χ0n) is 14.9. The zero-order chi connectivity index (χ0) is 18.7. The van der Waals surface area contributed by atoms with E-state index in [-0.39, 0.29) is 18.6 Å². The van der Waals surface area contributed by atoms with E-state index in [9.17, 15) is 9.90 Å². The summed E-state index contributed by atoms with van der Waals surface area (Å²) in [4.78, 5) is 16.4. The first-order valence-electron chi connectivity index (χ1n) is 8.61. The number of ether oxygens (including phenoxy) is 1. The molecule has 6 heteroatoms. The molecule has 0 aromatic heterocycles. The van der Waals surface area contributed by atoms with E-state index in [1.807, 2.05) is 37.2 Å². The van der Waals surface area contributed by atoms with Gasteiger partial charge in [0.25, 0.3) is 5.91 Å². The van der Waals surface area contributed by atoms with Gasteiger partial charge in [0.1, 0.15) is 18.0 Å². The van der Waals surface area contributed by atoms with Crippen molar-refractivity contribution in [3.05, 3.63) is 59.1 Å². The number of rotatable bonds is 4. The molecule has 2 atom stereocenters. The largest absolute Gasteiger partial charge is 0.488 e. The Morgan fingerprint density at radius 2 is 1.96 bits per heavy atom. The molecule has 1 saturated heterocycles. The Kier molecular flexibility index (Phi) is 5.69. The molecule has 0 unspecified atom stereocenters. The van der Waals surface area contributed by atoms with Gasteiger partial charge in [-0.25, -0.2) is 0 Å². The summed E-state index contributed by atoms with van der Waals surface area (Å²) in [5.41, 5.74) is 1.60. The molecule has 0 bridgehead atoms. The van der Waals surface area contributed by atoms with Crippen molar-refractivity contribution in [2.24, 2.45) is 0 Å². The lowest BCUT2D eigenvalue weighted by molar-refractivity contribution is -0.0198. The van der Waals surface area contributed by atoms with Crippen LogP contribution in [0.5, 0.6) is 5.75 Å². The first-order valence-corrected chi connectivity index (χ1v) is 8.99. The van der Waals surface area contributed by atoms with Gasteiger partial charge < -0.3 is 19.6 Å². The normalized spacial score (nSPS) is 19.9.